The smallest absolute Gasteiger partial charge is 0.229 e. The van der Waals surface area contributed by atoms with Crippen LogP contribution >= 0.6 is 0 Å². The molecule has 31 heavy (non-hydrogen) atoms. The lowest BCUT2D eigenvalue weighted by Crippen LogP contribution is -2.41. The van der Waals surface area contributed by atoms with E-state index in [4.69, 9.17) is 0 Å². The Labute approximate surface area is 177 Å². The lowest BCUT2D eigenvalue weighted by molar-refractivity contribution is -0.132. The van der Waals surface area contributed by atoms with Gasteiger partial charge in [0, 0.05) is 38.0 Å². The number of carbonyl (C=O) groups excluding carboxylic acids is 1. The molecule has 3 heterocycles. The summed E-state index contributed by atoms with van der Waals surface area (Å²) in [7, 11) is 3.26. The average Bonchev–Trinajstić information content (AvgIpc) is 3.34. The zero-order valence-corrected chi connectivity index (χ0v) is 16.9. The van der Waals surface area contributed by atoms with Crippen molar-refractivity contribution in [1.29, 1.82) is 0 Å². The SMILES string of the molecule is CNC(=O)[C@]12CC1[C@@H](n1cnc3c(NC)nc(C#Cc4cccnc4)nc31)[C@H](O)C2O. The maximum absolute atomic E-state index is 12.4. The number of fused-ring (bicyclic) bond motifs is 2. The zero-order chi connectivity index (χ0) is 21.8. The number of nitrogens with one attached hydrogen (secondary N) is 2. The van der Waals surface area contributed by atoms with Gasteiger partial charge >= 0.3 is 0 Å². The van der Waals surface area contributed by atoms with Gasteiger partial charge in [-0.3, -0.25) is 9.78 Å². The Morgan fingerprint density at radius 2 is 2.13 bits per heavy atom. The number of nitrogens with zero attached hydrogens (tertiary/aromatic N) is 5. The number of imidazole rings is 1. The quantitative estimate of drug-likeness (QED) is 0.424. The first-order valence-corrected chi connectivity index (χ1v) is 9.94. The fraction of sp³-hybridized carbons (Fsp3) is 0.381. The highest BCUT2D eigenvalue weighted by Gasteiger charge is 2.75. The van der Waals surface area contributed by atoms with Crippen molar-refractivity contribution in [1.82, 2.24) is 29.8 Å². The van der Waals surface area contributed by atoms with Crippen molar-refractivity contribution in [2.45, 2.75) is 24.7 Å². The van der Waals surface area contributed by atoms with E-state index in [1.807, 2.05) is 6.07 Å². The second-order valence-electron chi connectivity index (χ2n) is 7.82. The number of pyridine rings is 1. The van der Waals surface area contributed by atoms with Crippen LogP contribution in [-0.4, -0.2) is 66.9 Å². The number of hydrogen-bond donors (Lipinski definition) is 4. The van der Waals surface area contributed by atoms with Crippen molar-refractivity contribution in [2.75, 3.05) is 19.4 Å². The van der Waals surface area contributed by atoms with Gasteiger partial charge in [-0.1, -0.05) is 5.92 Å². The van der Waals surface area contributed by atoms with E-state index in [-0.39, 0.29) is 17.6 Å². The van der Waals surface area contributed by atoms with E-state index in [2.05, 4.69) is 42.4 Å². The molecule has 2 saturated carbocycles. The first-order chi connectivity index (χ1) is 15.0. The fourth-order valence-corrected chi connectivity index (χ4v) is 4.72. The summed E-state index contributed by atoms with van der Waals surface area (Å²) >= 11 is 0. The van der Waals surface area contributed by atoms with Gasteiger partial charge in [0.1, 0.15) is 6.10 Å². The molecule has 0 radical (unpaired) electrons. The van der Waals surface area contributed by atoms with Gasteiger partial charge in [0.2, 0.25) is 11.7 Å². The minimum atomic E-state index is -1.16. The second kappa shape index (κ2) is 7.01. The molecule has 0 aliphatic heterocycles. The van der Waals surface area contributed by atoms with Gasteiger partial charge in [0.05, 0.1) is 23.9 Å². The van der Waals surface area contributed by atoms with Gasteiger partial charge in [-0.25, -0.2) is 15.0 Å². The molecule has 10 heteroatoms. The largest absolute Gasteiger partial charge is 0.389 e. The number of aromatic nitrogens is 5. The monoisotopic (exact) mass is 419 g/mol. The molecule has 2 aliphatic rings. The van der Waals surface area contributed by atoms with Crippen LogP contribution in [-0.2, 0) is 4.79 Å². The van der Waals surface area contributed by atoms with E-state index >= 15 is 0 Å². The number of hydrogen-bond acceptors (Lipinski definition) is 8. The normalized spacial score (nSPS) is 28.5. The van der Waals surface area contributed by atoms with Crippen LogP contribution in [0, 0.1) is 23.2 Å². The summed E-state index contributed by atoms with van der Waals surface area (Å²) in [4.78, 5) is 29.9. The second-order valence-corrected chi connectivity index (χ2v) is 7.82. The Balaban J connectivity index is 1.58. The number of aliphatic hydroxyl groups is 2. The van der Waals surface area contributed by atoms with E-state index < -0.39 is 23.7 Å². The van der Waals surface area contributed by atoms with Crippen LogP contribution in [0.2, 0.25) is 0 Å². The molecule has 4 N–H and O–H groups in total. The minimum absolute atomic E-state index is 0.215. The first-order valence-electron chi connectivity index (χ1n) is 9.94. The molecule has 0 spiro atoms. The Bertz CT molecular complexity index is 1230. The van der Waals surface area contributed by atoms with Crippen molar-refractivity contribution in [2.24, 2.45) is 11.3 Å². The van der Waals surface area contributed by atoms with E-state index in [9.17, 15) is 15.0 Å². The molecule has 1 amide bonds. The van der Waals surface area contributed by atoms with Gasteiger partial charge in [-0.2, -0.15) is 0 Å². The number of amides is 1. The van der Waals surface area contributed by atoms with Gasteiger partial charge < -0.3 is 25.4 Å². The predicted octanol–water partition coefficient (Wildman–Crippen LogP) is -0.308. The molecule has 0 saturated heterocycles. The summed E-state index contributed by atoms with van der Waals surface area (Å²) in [6.45, 7) is 0. The summed E-state index contributed by atoms with van der Waals surface area (Å²) in [5, 5.41) is 27.0. The Morgan fingerprint density at radius 3 is 2.84 bits per heavy atom. The van der Waals surface area contributed by atoms with E-state index in [1.165, 1.54) is 7.05 Å². The summed E-state index contributed by atoms with van der Waals surface area (Å²) in [6.07, 6.45) is 3.10. The number of aliphatic hydroxyl groups excluding tert-OH is 2. The maximum Gasteiger partial charge on any atom is 0.229 e. The zero-order valence-electron chi connectivity index (χ0n) is 16.9. The van der Waals surface area contributed by atoms with Crippen LogP contribution in [0.1, 0.15) is 23.9 Å². The Morgan fingerprint density at radius 1 is 1.29 bits per heavy atom. The minimum Gasteiger partial charge on any atom is -0.389 e. The van der Waals surface area contributed by atoms with Crippen molar-refractivity contribution >= 4 is 22.9 Å². The Kier molecular flexibility index (Phi) is 4.39. The number of rotatable bonds is 3. The molecule has 0 bridgehead atoms. The van der Waals surface area contributed by atoms with Crippen LogP contribution in [0.25, 0.3) is 11.2 Å². The van der Waals surface area contributed by atoms with E-state index in [0.717, 1.165) is 5.56 Å². The highest BCUT2D eigenvalue weighted by atomic mass is 16.3. The molecule has 10 nitrogen and oxygen atoms in total. The van der Waals surface area contributed by atoms with Crippen molar-refractivity contribution in [3.8, 4) is 11.8 Å². The molecule has 2 aliphatic carbocycles. The molecule has 2 fully saturated rings. The molecule has 5 rings (SSSR count). The standard InChI is InChI=1S/C21H21N7O3/c1-22-18-14-19(27-13(26-18)6-5-11-4-3-7-24-9-11)28(10-25-14)15-12-8-21(12,20(31)23-2)17(30)16(15)29/h3-4,7,9-10,12,15-17,29-30H,8H2,1-2H3,(H,23,31)(H,22,26,27)/t12?,15-,16+,17?,21-/m1/s1. The van der Waals surface area contributed by atoms with E-state index in [1.54, 1.807) is 36.4 Å². The molecule has 5 atom stereocenters. The molecule has 2 unspecified atom stereocenters. The molecule has 3 aromatic rings. The highest BCUT2D eigenvalue weighted by Crippen LogP contribution is 2.67. The summed E-state index contributed by atoms with van der Waals surface area (Å²) in [5.41, 5.74) is 0.755. The van der Waals surface area contributed by atoms with Crippen LogP contribution in [0.4, 0.5) is 5.82 Å². The highest BCUT2D eigenvalue weighted by molar-refractivity contribution is 5.88. The molecule has 0 aromatic carbocycles. The first kappa shape index (κ1) is 19.4. The molecule has 158 valence electrons. The van der Waals surface area contributed by atoms with Crippen molar-refractivity contribution < 1.29 is 15.0 Å². The lowest BCUT2D eigenvalue weighted by Gasteiger charge is -2.23. The van der Waals surface area contributed by atoms with Crippen LogP contribution in [0.15, 0.2) is 30.9 Å². The predicted molar refractivity (Wildman–Crippen MR) is 111 cm³/mol. The van der Waals surface area contributed by atoms with Crippen LogP contribution in [0.3, 0.4) is 0 Å². The van der Waals surface area contributed by atoms with Crippen molar-refractivity contribution in [3.05, 3.63) is 42.2 Å². The summed E-state index contributed by atoms with van der Waals surface area (Å²) < 4.78 is 1.73. The van der Waals surface area contributed by atoms with Crippen LogP contribution < -0.4 is 10.6 Å². The van der Waals surface area contributed by atoms with Gasteiger partial charge in [0.25, 0.3) is 0 Å². The Hall–Kier alpha value is -3.55. The molecular weight excluding hydrogens is 398 g/mol. The summed E-state index contributed by atoms with van der Waals surface area (Å²) in [5.74, 6) is 6.23. The number of anilines is 1. The van der Waals surface area contributed by atoms with Gasteiger partial charge in [-0.15, -0.1) is 0 Å². The van der Waals surface area contributed by atoms with Crippen molar-refractivity contribution in [3.63, 3.8) is 0 Å². The maximum atomic E-state index is 12.4. The van der Waals surface area contributed by atoms with Gasteiger partial charge in [-0.05, 0) is 24.5 Å². The fourth-order valence-electron chi connectivity index (χ4n) is 4.72. The van der Waals surface area contributed by atoms with Crippen LogP contribution in [0.5, 0.6) is 0 Å². The number of carbonyl (C=O) groups is 1. The molecular formula is C21H21N7O3. The average molecular weight is 419 g/mol. The van der Waals surface area contributed by atoms with E-state index in [0.29, 0.717) is 23.4 Å². The summed E-state index contributed by atoms with van der Waals surface area (Å²) in [6, 6.07) is 3.10. The lowest BCUT2D eigenvalue weighted by atomic mass is 9.98. The third kappa shape index (κ3) is 2.78. The third-order valence-corrected chi connectivity index (χ3v) is 6.28. The molecule has 3 aromatic heterocycles. The topological polar surface area (TPSA) is 138 Å². The van der Waals surface area contributed by atoms with Gasteiger partial charge in [0.15, 0.2) is 17.0 Å². The third-order valence-electron chi connectivity index (χ3n) is 6.28.